The Balaban J connectivity index is 2.19. The van der Waals surface area contributed by atoms with Crippen molar-refractivity contribution in [2.24, 2.45) is 5.16 Å². The molecule has 0 aliphatic rings. The van der Waals surface area contributed by atoms with Crippen molar-refractivity contribution < 1.29 is 14.2 Å². The molecule has 1 N–H and O–H groups in total. The Labute approximate surface area is 192 Å². The summed E-state index contributed by atoms with van der Waals surface area (Å²) in [5, 5.41) is 7.11. The molecule has 0 aromatic heterocycles. The minimum absolute atomic E-state index is 0.261. The summed E-state index contributed by atoms with van der Waals surface area (Å²) >= 11 is 8.86. The molecule has 1 amide bonds. The number of aryl methyl sites for hydroxylation is 1. The standard InChI is InChI=1S/C20H26N3O3PS3/c1-5-27(28,26-18-12-7-6-8-13-18)23(19-14-10-9-11-16(19)2)30-15-21-20(24)25-22-17(3)29-4/h6-14H,5,15H2,1-4H3,(H,21,24)/b22-17+. The van der Waals surface area contributed by atoms with Gasteiger partial charge in [0.25, 0.3) is 0 Å². The molecule has 1 unspecified atom stereocenters. The van der Waals surface area contributed by atoms with Crippen molar-refractivity contribution in [1.29, 1.82) is 0 Å². The summed E-state index contributed by atoms with van der Waals surface area (Å²) in [7, 11) is 0. The number of benzene rings is 2. The number of carbonyl (C=O) groups excluding carboxylic acids is 1. The van der Waals surface area contributed by atoms with Gasteiger partial charge in [-0.05, 0) is 67.6 Å². The first kappa shape index (κ1) is 24.6. The summed E-state index contributed by atoms with van der Waals surface area (Å²) in [4.78, 5) is 16.8. The van der Waals surface area contributed by atoms with Gasteiger partial charge in [0, 0.05) is 6.16 Å². The third-order valence-corrected chi connectivity index (χ3v) is 10.3. The van der Waals surface area contributed by atoms with E-state index in [0.29, 0.717) is 11.2 Å². The molecule has 162 valence electrons. The molecular weight excluding hydrogens is 457 g/mol. The monoisotopic (exact) mass is 483 g/mol. The Kier molecular flexibility index (Phi) is 10.0. The van der Waals surface area contributed by atoms with Crippen LogP contribution in [0.5, 0.6) is 5.75 Å². The molecule has 2 aromatic rings. The lowest BCUT2D eigenvalue weighted by molar-refractivity contribution is 0.153. The molecule has 10 heteroatoms. The maximum atomic E-state index is 11.9. The number of nitrogens with zero attached hydrogens (tertiary/aromatic N) is 2. The average Bonchev–Trinajstić information content (AvgIpc) is 2.76. The molecule has 0 aliphatic carbocycles. The average molecular weight is 484 g/mol. The van der Waals surface area contributed by atoms with E-state index in [0.717, 1.165) is 17.0 Å². The van der Waals surface area contributed by atoms with Gasteiger partial charge in [-0.2, -0.15) is 0 Å². The maximum Gasteiger partial charge on any atom is 0.434 e. The van der Waals surface area contributed by atoms with Gasteiger partial charge in [0.1, 0.15) is 10.8 Å². The third-order valence-electron chi connectivity index (χ3n) is 3.95. The molecule has 0 saturated carbocycles. The van der Waals surface area contributed by atoms with Crippen molar-refractivity contribution in [2.75, 3.05) is 22.4 Å². The minimum atomic E-state index is -2.47. The van der Waals surface area contributed by atoms with E-state index in [1.165, 1.54) is 23.7 Å². The quantitative estimate of drug-likeness (QED) is 0.0862. The van der Waals surface area contributed by atoms with Crippen LogP contribution in [0, 0.1) is 6.92 Å². The summed E-state index contributed by atoms with van der Waals surface area (Å²) in [5.41, 5.74) is 2.04. The number of para-hydroxylation sites is 2. The Hall–Kier alpha value is -1.67. The first-order valence-corrected chi connectivity index (χ1v) is 14.3. The predicted molar refractivity (Wildman–Crippen MR) is 134 cm³/mol. The summed E-state index contributed by atoms with van der Waals surface area (Å²) in [6, 6.07) is 17.6. The second-order valence-electron chi connectivity index (χ2n) is 6.06. The number of carbonyl (C=O) groups is 1. The predicted octanol–water partition coefficient (Wildman–Crippen LogP) is 6.24. The second-order valence-corrected chi connectivity index (χ2v) is 12.4. The second kappa shape index (κ2) is 12.2. The third kappa shape index (κ3) is 7.23. The fourth-order valence-electron chi connectivity index (χ4n) is 2.30. The van der Waals surface area contributed by atoms with Crippen LogP contribution in [0.25, 0.3) is 0 Å². The van der Waals surface area contributed by atoms with Gasteiger partial charge in [-0.25, -0.2) is 4.79 Å². The van der Waals surface area contributed by atoms with Crippen LogP contribution in [-0.4, -0.2) is 29.4 Å². The van der Waals surface area contributed by atoms with E-state index in [4.69, 9.17) is 21.2 Å². The zero-order chi connectivity index (χ0) is 22.0. The van der Waals surface area contributed by atoms with Gasteiger partial charge < -0.3 is 9.84 Å². The molecule has 0 aliphatic heterocycles. The summed E-state index contributed by atoms with van der Waals surface area (Å²) in [6.45, 7) is 5.82. The number of oxime groups is 1. The molecular formula is C20H26N3O3PS3. The van der Waals surface area contributed by atoms with Crippen LogP contribution in [-0.2, 0) is 16.6 Å². The zero-order valence-electron chi connectivity index (χ0n) is 17.4. The maximum absolute atomic E-state index is 11.9. The smallest absolute Gasteiger partial charge is 0.434 e. The SMILES string of the molecule is CCP(=S)(Oc1ccccc1)N(SCNC(=O)O/N=C(\C)SC)c1ccccc1C. The highest BCUT2D eigenvalue weighted by Crippen LogP contribution is 2.57. The van der Waals surface area contributed by atoms with Crippen LogP contribution in [0.15, 0.2) is 59.8 Å². The molecule has 0 bridgehead atoms. The molecule has 2 rings (SSSR count). The highest BCUT2D eigenvalue weighted by molar-refractivity contribution is 8.21. The van der Waals surface area contributed by atoms with E-state index in [9.17, 15) is 4.79 Å². The summed E-state index contributed by atoms with van der Waals surface area (Å²) in [5.74, 6) is 0.994. The molecule has 0 fully saturated rings. The lowest BCUT2D eigenvalue weighted by Crippen LogP contribution is -2.26. The van der Waals surface area contributed by atoms with Crippen LogP contribution >= 0.6 is 30.1 Å². The van der Waals surface area contributed by atoms with Gasteiger partial charge in [-0.3, -0.25) is 8.91 Å². The van der Waals surface area contributed by atoms with E-state index in [1.54, 1.807) is 6.92 Å². The highest BCUT2D eigenvalue weighted by Gasteiger charge is 2.29. The number of thioether (sulfide) groups is 1. The Morgan fingerprint density at radius 1 is 1.20 bits per heavy atom. The highest BCUT2D eigenvalue weighted by atomic mass is 32.5. The zero-order valence-corrected chi connectivity index (χ0v) is 20.7. The summed E-state index contributed by atoms with van der Waals surface area (Å²) < 4.78 is 8.37. The van der Waals surface area contributed by atoms with E-state index >= 15 is 0 Å². The fourth-order valence-corrected chi connectivity index (χ4v) is 6.80. The molecule has 2 aromatic carbocycles. The Bertz CT molecular complexity index is 912. The van der Waals surface area contributed by atoms with E-state index < -0.39 is 12.5 Å². The van der Waals surface area contributed by atoms with Crippen LogP contribution in [0.2, 0.25) is 0 Å². The lowest BCUT2D eigenvalue weighted by atomic mass is 10.2. The van der Waals surface area contributed by atoms with Crippen molar-refractivity contribution in [3.63, 3.8) is 0 Å². The fraction of sp³-hybridized carbons (Fsp3) is 0.300. The van der Waals surface area contributed by atoms with Crippen molar-refractivity contribution in [2.45, 2.75) is 20.8 Å². The Morgan fingerprint density at radius 2 is 1.87 bits per heavy atom. The molecule has 0 heterocycles. The topological polar surface area (TPSA) is 63.2 Å². The first-order chi connectivity index (χ1) is 14.4. The van der Waals surface area contributed by atoms with Crippen molar-refractivity contribution in [3.8, 4) is 5.75 Å². The first-order valence-electron chi connectivity index (χ1n) is 9.26. The van der Waals surface area contributed by atoms with E-state index in [2.05, 4.69) is 10.5 Å². The van der Waals surface area contributed by atoms with Gasteiger partial charge in [-0.15, -0.1) is 11.8 Å². The number of rotatable bonds is 9. The number of anilines is 1. The number of amides is 1. The number of hydrogen-bond donors (Lipinski definition) is 1. The van der Waals surface area contributed by atoms with Gasteiger partial charge in [0.15, 0.2) is 0 Å². The van der Waals surface area contributed by atoms with Crippen LogP contribution in [0.1, 0.15) is 19.4 Å². The largest absolute Gasteiger partial charge is 0.448 e. The van der Waals surface area contributed by atoms with E-state index in [-0.39, 0.29) is 5.88 Å². The molecule has 0 radical (unpaired) electrons. The number of nitrogens with one attached hydrogen (secondary N) is 1. The number of hydrogen-bond acceptors (Lipinski definition) is 7. The van der Waals surface area contributed by atoms with Gasteiger partial charge in [-0.1, -0.05) is 48.5 Å². The van der Waals surface area contributed by atoms with Gasteiger partial charge >= 0.3 is 6.09 Å². The minimum Gasteiger partial charge on any atom is -0.448 e. The molecule has 0 spiro atoms. The summed E-state index contributed by atoms with van der Waals surface area (Å²) in [6.07, 6.45) is -0.572. The van der Waals surface area contributed by atoms with Crippen LogP contribution in [0.3, 0.4) is 0 Å². The molecule has 30 heavy (non-hydrogen) atoms. The van der Waals surface area contributed by atoms with Gasteiger partial charge in [0.05, 0.1) is 11.6 Å². The van der Waals surface area contributed by atoms with Crippen molar-refractivity contribution >= 4 is 58.8 Å². The van der Waals surface area contributed by atoms with Crippen molar-refractivity contribution in [1.82, 2.24) is 5.32 Å². The Morgan fingerprint density at radius 3 is 2.50 bits per heavy atom. The normalized spacial score (nSPS) is 13.3. The molecule has 0 saturated heterocycles. The lowest BCUT2D eigenvalue weighted by Gasteiger charge is -2.35. The van der Waals surface area contributed by atoms with E-state index in [1.807, 2.05) is 78.8 Å². The van der Waals surface area contributed by atoms with Gasteiger partial charge in [0.2, 0.25) is 6.42 Å². The molecule has 6 nitrogen and oxygen atoms in total. The molecule has 1 atom stereocenters. The van der Waals surface area contributed by atoms with Crippen LogP contribution in [0.4, 0.5) is 10.5 Å². The van der Waals surface area contributed by atoms with Crippen LogP contribution < -0.4 is 13.9 Å². The van der Waals surface area contributed by atoms with Crippen molar-refractivity contribution in [3.05, 3.63) is 60.2 Å².